The first-order valence-electron chi connectivity index (χ1n) is 17.7. The van der Waals surface area contributed by atoms with Crippen LogP contribution in [-0.4, -0.2) is 80.6 Å². The molecule has 3 amide bonds. The summed E-state index contributed by atoms with van der Waals surface area (Å²) in [4.78, 5) is 42.5. The van der Waals surface area contributed by atoms with Crippen LogP contribution < -0.4 is 16.0 Å². The molecule has 0 radical (unpaired) electrons. The molecule has 0 aromatic heterocycles. The lowest BCUT2D eigenvalue weighted by Gasteiger charge is -2.32. The first-order valence-corrected chi connectivity index (χ1v) is 17.7. The van der Waals surface area contributed by atoms with Gasteiger partial charge in [0.05, 0.1) is 12.2 Å². The van der Waals surface area contributed by atoms with Crippen molar-refractivity contribution in [2.24, 2.45) is 0 Å². The van der Waals surface area contributed by atoms with Crippen LogP contribution in [0, 0.1) is 0 Å². The van der Waals surface area contributed by atoms with Gasteiger partial charge in [0.15, 0.2) is 0 Å². The van der Waals surface area contributed by atoms with Crippen molar-refractivity contribution in [3.63, 3.8) is 0 Å². The van der Waals surface area contributed by atoms with E-state index in [4.69, 9.17) is 4.74 Å². The Kier molecular flexibility index (Phi) is 12.1. The van der Waals surface area contributed by atoms with Crippen LogP contribution in [0.15, 0.2) is 127 Å². The number of hydrogen-bond donors (Lipinski definition) is 3. The minimum Gasteiger partial charge on any atom is -0.446 e. The number of piperidine rings is 1. The molecule has 266 valence electrons. The average molecular weight is 696 g/mol. The van der Waals surface area contributed by atoms with Gasteiger partial charge in [-0.3, -0.25) is 14.9 Å². The Bertz CT molecular complexity index is 1980. The number of likely N-dealkylation sites (N-methyl/N-ethyl adjacent to an activating group) is 2. The number of amides is 3. The second-order valence-corrected chi connectivity index (χ2v) is 13.0. The lowest BCUT2D eigenvalue weighted by atomic mass is 9.88. The summed E-state index contributed by atoms with van der Waals surface area (Å²) in [5.74, 6) is -0.279. The highest BCUT2D eigenvalue weighted by atomic mass is 16.6. The topological polar surface area (TPSA) is 103 Å². The second-order valence-electron chi connectivity index (χ2n) is 13.0. The predicted molar refractivity (Wildman–Crippen MR) is 208 cm³/mol. The monoisotopic (exact) mass is 695 g/mol. The summed E-state index contributed by atoms with van der Waals surface area (Å²) in [6, 6.07) is 41.7. The Morgan fingerprint density at radius 3 is 2.04 bits per heavy atom. The van der Waals surface area contributed by atoms with Crippen LogP contribution >= 0.6 is 0 Å². The highest BCUT2D eigenvalue weighted by Crippen LogP contribution is 2.42. The van der Waals surface area contributed by atoms with Gasteiger partial charge in [-0.2, -0.15) is 0 Å². The fourth-order valence-corrected chi connectivity index (χ4v) is 6.63. The molecule has 9 nitrogen and oxygen atoms in total. The molecule has 0 spiro atoms. The standard InChI is InChI=1S/C43H45N5O4/c1-44-30-40(49)45-34-18-11-17-33(29-34)42(50)47(2)27-28-48-25-23-35(24-26-48)52-43(51)46-39-22-12-21-37(32-15-7-4-8-16-32)41(39)38-20-10-9-19-36(38)31-13-5-3-6-14-31/h3-22,29,35,44H,23-28,30H2,1-2H3,(H,45,49)(H,46,51). The average Bonchev–Trinajstić information content (AvgIpc) is 3.18. The lowest BCUT2D eigenvalue weighted by Crippen LogP contribution is -2.42. The van der Waals surface area contributed by atoms with Crippen molar-refractivity contribution in [2.45, 2.75) is 18.9 Å². The number of carbonyl (C=O) groups excluding carboxylic acids is 3. The summed E-state index contributed by atoms with van der Waals surface area (Å²) in [5.41, 5.74) is 7.98. The first-order chi connectivity index (χ1) is 25.4. The molecule has 0 saturated carbocycles. The number of likely N-dealkylation sites (tertiary alicyclic amines) is 1. The molecule has 0 unspecified atom stereocenters. The molecule has 1 heterocycles. The Labute approximate surface area is 305 Å². The zero-order valence-corrected chi connectivity index (χ0v) is 29.7. The van der Waals surface area contributed by atoms with E-state index in [2.05, 4.69) is 63.3 Å². The van der Waals surface area contributed by atoms with E-state index in [0.29, 0.717) is 42.9 Å². The third-order valence-electron chi connectivity index (χ3n) is 9.30. The van der Waals surface area contributed by atoms with Crippen LogP contribution in [-0.2, 0) is 9.53 Å². The van der Waals surface area contributed by atoms with Gasteiger partial charge in [0.2, 0.25) is 5.91 Å². The summed E-state index contributed by atoms with van der Waals surface area (Å²) in [7, 11) is 3.49. The Morgan fingerprint density at radius 1 is 0.731 bits per heavy atom. The van der Waals surface area contributed by atoms with E-state index in [-0.39, 0.29) is 24.5 Å². The molecule has 0 atom stereocenters. The van der Waals surface area contributed by atoms with Crippen LogP contribution in [0.2, 0.25) is 0 Å². The molecular formula is C43H45N5O4. The number of anilines is 2. The second kappa shape index (κ2) is 17.4. The third kappa shape index (κ3) is 9.11. The molecule has 1 fully saturated rings. The summed E-state index contributed by atoms with van der Waals surface area (Å²) in [6.45, 7) is 2.96. The van der Waals surface area contributed by atoms with Gasteiger partial charge in [-0.1, -0.05) is 103 Å². The van der Waals surface area contributed by atoms with Crippen molar-refractivity contribution in [3.05, 3.63) is 133 Å². The molecule has 1 aliphatic rings. The number of rotatable bonds is 12. The summed E-state index contributed by atoms with van der Waals surface area (Å²) in [5, 5.41) is 8.71. The van der Waals surface area contributed by atoms with E-state index < -0.39 is 6.09 Å². The van der Waals surface area contributed by atoms with Gasteiger partial charge in [-0.25, -0.2) is 4.79 Å². The summed E-state index contributed by atoms with van der Waals surface area (Å²) in [6.07, 6.45) is 0.714. The van der Waals surface area contributed by atoms with E-state index in [1.54, 1.807) is 43.3 Å². The molecule has 9 heteroatoms. The van der Waals surface area contributed by atoms with Gasteiger partial charge in [0.25, 0.3) is 5.91 Å². The van der Waals surface area contributed by atoms with Crippen molar-refractivity contribution in [2.75, 3.05) is 57.5 Å². The smallest absolute Gasteiger partial charge is 0.411 e. The predicted octanol–water partition coefficient (Wildman–Crippen LogP) is 7.63. The van der Waals surface area contributed by atoms with Gasteiger partial charge in [-0.05, 0) is 72.0 Å². The minimum atomic E-state index is -0.475. The van der Waals surface area contributed by atoms with E-state index in [0.717, 1.165) is 46.5 Å². The molecule has 5 aromatic rings. The van der Waals surface area contributed by atoms with Crippen LogP contribution in [0.3, 0.4) is 0 Å². The van der Waals surface area contributed by atoms with E-state index in [1.165, 1.54) is 0 Å². The van der Waals surface area contributed by atoms with E-state index in [1.807, 2.05) is 60.7 Å². The van der Waals surface area contributed by atoms with Crippen LogP contribution in [0.5, 0.6) is 0 Å². The zero-order chi connectivity index (χ0) is 36.3. The molecule has 3 N–H and O–H groups in total. The molecule has 52 heavy (non-hydrogen) atoms. The summed E-state index contributed by atoms with van der Waals surface area (Å²) >= 11 is 0. The molecule has 0 bridgehead atoms. The van der Waals surface area contributed by atoms with E-state index >= 15 is 0 Å². The van der Waals surface area contributed by atoms with Gasteiger partial charge < -0.3 is 25.2 Å². The molecule has 0 aliphatic carbocycles. The van der Waals surface area contributed by atoms with Crippen LogP contribution in [0.4, 0.5) is 16.2 Å². The number of nitrogens with zero attached hydrogens (tertiary/aromatic N) is 2. The number of nitrogens with one attached hydrogen (secondary N) is 3. The van der Waals surface area contributed by atoms with Crippen LogP contribution in [0.1, 0.15) is 23.2 Å². The number of hydrogen-bond acceptors (Lipinski definition) is 6. The normalized spacial score (nSPS) is 13.3. The fraction of sp³-hybridized carbons (Fsp3) is 0.233. The maximum atomic E-state index is 13.5. The highest BCUT2D eigenvalue weighted by Gasteiger charge is 2.24. The Balaban J connectivity index is 1.07. The van der Waals surface area contributed by atoms with Crippen molar-refractivity contribution >= 4 is 29.3 Å². The van der Waals surface area contributed by atoms with Crippen molar-refractivity contribution in [3.8, 4) is 33.4 Å². The van der Waals surface area contributed by atoms with Gasteiger partial charge in [0, 0.05) is 50.0 Å². The maximum Gasteiger partial charge on any atom is 0.411 e. The lowest BCUT2D eigenvalue weighted by molar-refractivity contribution is -0.115. The summed E-state index contributed by atoms with van der Waals surface area (Å²) < 4.78 is 6.00. The van der Waals surface area contributed by atoms with Crippen LogP contribution in [0.25, 0.3) is 33.4 Å². The molecule has 6 rings (SSSR count). The zero-order valence-electron chi connectivity index (χ0n) is 29.7. The van der Waals surface area contributed by atoms with E-state index in [9.17, 15) is 14.4 Å². The van der Waals surface area contributed by atoms with Gasteiger partial charge in [-0.15, -0.1) is 0 Å². The van der Waals surface area contributed by atoms with Gasteiger partial charge >= 0.3 is 6.09 Å². The SMILES string of the molecule is CNCC(=O)Nc1cccc(C(=O)N(C)CCN2CCC(OC(=O)Nc3cccc(-c4ccccc4)c3-c3ccccc3-c3ccccc3)CC2)c1. The molecule has 1 saturated heterocycles. The number of carbonyl (C=O) groups is 3. The highest BCUT2D eigenvalue weighted by molar-refractivity contribution is 6.02. The fourth-order valence-electron chi connectivity index (χ4n) is 6.63. The number of ether oxygens (including phenoxy) is 1. The maximum absolute atomic E-state index is 13.5. The Morgan fingerprint density at radius 2 is 1.35 bits per heavy atom. The van der Waals surface area contributed by atoms with Gasteiger partial charge in [0.1, 0.15) is 6.10 Å². The third-order valence-corrected chi connectivity index (χ3v) is 9.30. The van der Waals surface area contributed by atoms with Crippen molar-refractivity contribution < 1.29 is 19.1 Å². The molecule has 1 aliphatic heterocycles. The first kappa shape index (κ1) is 36.0. The van der Waals surface area contributed by atoms with Crippen molar-refractivity contribution in [1.82, 2.24) is 15.1 Å². The number of benzene rings is 5. The largest absolute Gasteiger partial charge is 0.446 e. The molecule has 5 aromatic carbocycles. The quantitative estimate of drug-likeness (QED) is 0.124. The minimum absolute atomic E-state index is 0.110. The Hall–Kier alpha value is -5.77. The molecular weight excluding hydrogens is 651 g/mol. The van der Waals surface area contributed by atoms with Crippen molar-refractivity contribution in [1.29, 1.82) is 0 Å².